The van der Waals surface area contributed by atoms with Crippen LogP contribution >= 0.6 is 12.6 Å². The molecular weight excluding hydrogens is 230 g/mol. The zero-order chi connectivity index (χ0) is 12.1. The summed E-state index contributed by atoms with van der Waals surface area (Å²) >= 11 is 4.60. The Morgan fingerprint density at radius 3 is 2.53 bits per heavy atom. The predicted molar refractivity (Wildman–Crippen MR) is 75.7 cm³/mol. The third-order valence-corrected chi connectivity index (χ3v) is 5.42. The lowest BCUT2D eigenvalue weighted by Crippen LogP contribution is -2.44. The van der Waals surface area contributed by atoms with Gasteiger partial charge in [0, 0.05) is 12.6 Å². The van der Waals surface area contributed by atoms with E-state index in [0.29, 0.717) is 18.1 Å². The standard InChI is InChI=1S/C14H27NOS/c16-10-13-6-2-1-5-9-15(13)11-14(12-17)7-3-4-8-14/h13,16-17H,1-12H2. The Morgan fingerprint density at radius 2 is 1.88 bits per heavy atom. The fourth-order valence-electron chi connectivity index (χ4n) is 3.57. The monoisotopic (exact) mass is 257 g/mol. The van der Waals surface area contributed by atoms with Crippen molar-refractivity contribution in [2.45, 2.75) is 57.4 Å². The average molecular weight is 257 g/mol. The van der Waals surface area contributed by atoms with Gasteiger partial charge >= 0.3 is 0 Å². The van der Waals surface area contributed by atoms with Gasteiger partial charge in [0.05, 0.1) is 6.61 Å². The van der Waals surface area contributed by atoms with E-state index < -0.39 is 0 Å². The molecule has 17 heavy (non-hydrogen) atoms. The summed E-state index contributed by atoms with van der Waals surface area (Å²) in [5, 5.41) is 9.56. The number of hydrogen-bond acceptors (Lipinski definition) is 3. The molecule has 100 valence electrons. The Hall–Kier alpha value is 0.270. The fraction of sp³-hybridized carbons (Fsp3) is 1.00. The van der Waals surface area contributed by atoms with Gasteiger partial charge in [-0.3, -0.25) is 4.90 Å². The highest BCUT2D eigenvalue weighted by molar-refractivity contribution is 7.80. The third-order valence-electron chi connectivity index (χ3n) is 4.75. The van der Waals surface area contributed by atoms with Crippen LogP contribution in [0.2, 0.25) is 0 Å². The molecule has 2 aliphatic rings. The molecule has 0 bridgehead atoms. The van der Waals surface area contributed by atoms with Crippen LogP contribution in [0.1, 0.15) is 51.4 Å². The highest BCUT2D eigenvalue weighted by Crippen LogP contribution is 2.40. The lowest BCUT2D eigenvalue weighted by atomic mass is 9.87. The summed E-state index contributed by atoms with van der Waals surface area (Å²) in [5.74, 6) is 1.02. The van der Waals surface area contributed by atoms with Gasteiger partial charge in [-0.05, 0) is 43.4 Å². The molecule has 2 fully saturated rings. The van der Waals surface area contributed by atoms with Crippen LogP contribution < -0.4 is 0 Å². The number of aliphatic hydroxyl groups excluding tert-OH is 1. The Kier molecular flexibility index (Phi) is 5.19. The second-order valence-corrected chi connectivity index (χ2v) is 6.34. The molecule has 1 saturated carbocycles. The molecule has 3 heteroatoms. The van der Waals surface area contributed by atoms with Gasteiger partial charge in [-0.2, -0.15) is 12.6 Å². The number of hydrogen-bond donors (Lipinski definition) is 2. The van der Waals surface area contributed by atoms with Crippen molar-refractivity contribution < 1.29 is 5.11 Å². The van der Waals surface area contributed by atoms with E-state index in [4.69, 9.17) is 0 Å². The predicted octanol–water partition coefficient (Wildman–Crippen LogP) is 2.71. The van der Waals surface area contributed by atoms with E-state index in [9.17, 15) is 5.11 Å². The molecule has 2 rings (SSSR count). The second kappa shape index (κ2) is 6.44. The molecule has 0 aromatic carbocycles. The Labute approximate surface area is 111 Å². The molecule has 1 saturated heterocycles. The van der Waals surface area contributed by atoms with Crippen molar-refractivity contribution in [1.29, 1.82) is 0 Å². The summed E-state index contributed by atoms with van der Waals surface area (Å²) in [6.07, 6.45) is 10.5. The fourth-order valence-corrected chi connectivity index (χ4v) is 3.99. The summed E-state index contributed by atoms with van der Waals surface area (Å²) in [6, 6.07) is 0.412. The molecule has 1 heterocycles. The molecule has 1 unspecified atom stereocenters. The van der Waals surface area contributed by atoms with Gasteiger partial charge in [0.2, 0.25) is 0 Å². The van der Waals surface area contributed by atoms with Crippen molar-refractivity contribution in [3.63, 3.8) is 0 Å². The minimum absolute atomic E-state index is 0.336. The van der Waals surface area contributed by atoms with Gasteiger partial charge < -0.3 is 5.11 Å². The molecule has 1 aliphatic carbocycles. The summed E-state index contributed by atoms with van der Waals surface area (Å²) in [4.78, 5) is 2.56. The zero-order valence-electron chi connectivity index (χ0n) is 10.9. The summed E-state index contributed by atoms with van der Waals surface area (Å²) in [7, 11) is 0. The minimum atomic E-state index is 0.336. The van der Waals surface area contributed by atoms with E-state index in [1.807, 2.05) is 0 Å². The van der Waals surface area contributed by atoms with Crippen molar-refractivity contribution >= 4 is 12.6 Å². The largest absolute Gasteiger partial charge is 0.395 e. The highest BCUT2D eigenvalue weighted by Gasteiger charge is 2.36. The van der Waals surface area contributed by atoms with Crippen LogP contribution in [0.5, 0.6) is 0 Å². The van der Waals surface area contributed by atoms with Gasteiger partial charge in [-0.1, -0.05) is 25.7 Å². The SMILES string of the molecule is OCC1CCCCCN1CC1(CS)CCCC1. The number of aliphatic hydroxyl groups is 1. The smallest absolute Gasteiger partial charge is 0.0586 e. The maximum Gasteiger partial charge on any atom is 0.0586 e. The van der Waals surface area contributed by atoms with Crippen molar-refractivity contribution in [1.82, 2.24) is 4.90 Å². The van der Waals surface area contributed by atoms with Crippen molar-refractivity contribution in [3.8, 4) is 0 Å². The van der Waals surface area contributed by atoms with Crippen LogP contribution in [0.15, 0.2) is 0 Å². The minimum Gasteiger partial charge on any atom is -0.395 e. The average Bonchev–Trinajstić information content (AvgIpc) is 2.70. The first-order chi connectivity index (χ1) is 8.29. The third kappa shape index (κ3) is 3.39. The summed E-state index contributed by atoms with van der Waals surface area (Å²) in [6.45, 7) is 2.69. The quantitative estimate of drug-likeness (QED) is 0.757. The van der Waals surface area contributed by atoms with Crippen LogP contribution in [0.4, 0.5) is 0 Å². The Balaban J connectivity index is 1.98. The second-order valence-electron chi connectivity index (χ2n) is 6.02. The molecule has 0 spiro atoms. The van der Waals surface area contributed by atoms with Crippen LogP contribution in [-0.2, 0) is 0 Å². The van der Waals surface area contributed by atoms with E-state index in [0.717, 1.165) is 5.75 Å². The number of thiol groups is 1. The lowest BCUT2D eigenvalue weighted by Gasteiger charge is -2.37. The van der Waals surface area contributed by atoms with Crippen LogP contribution in [0, 0.1) is 5.41 Å². The van der Waals surface area contributed by atoms with Crippen molar-refractivity contribution in [3.05, 3.63) is 0 Å². The van der Waals surface area contributed by atoms with E-state index >= 15 is 0 Å². The Bertz CT molecular complexity index is 228. The first-order valence-corrected chi connectivity index (χ1v) is 7.89. The van der Waals surface area contributed by atoms with Gasteiger partial charge in [-0.25, -0.2) is 0 Å². The Morgan fingerprint density at radius 1 is 1.12 bits per heavy atom. The highest BCUT2D eigenvalue weighted by atomic mass is 32.1. The molecule has 1 aliphatic heterocycles. The molecule has 1 atom stereocenters. The van der Waals surface area contributed by atoms with Crippen molar-refractivity contribution in [2.24, 2.45) is 5.41 Å². The zero-order valence-corrected chi connectivity index (χ0v) is 11.8. The lowest BCUT2D eigenvalue weighted by molar-refractivity contribution is 0.0843. The topological polar surface area (TPSA) is 23.5 Å². The number of likely N-dealkylation sites (tertiary alicyclic amines) is 1. The van der Waals surface area contributed by atoms with E-state index in [1.165, 1.54) is 64.5 Å². The summed E-state index contributed by atoms with van der Waals surface area (Å²) < 4.78 is 0. The van der Waals surface area contributed by atoms with Gasteiger partial charge in [0.15, 0.2) is 0 Å². The molecular formula is C14H27NOS. The van der Waals surface area contributed by atoms with Gasteiger partial charge in [0.25, 0.3) is 0 Å². The van der Waals surface area contributed by atoms with E-state index in [2.05, 4.69) is 17.5 Å². The first kappa shape index (κ1) is 13.7. The number of rotatable bonds is 4. The molecule has 0 radical (unpaired) electrons. The van der Waals surface area contributed by atoms with Crippen LogP contribution in [0.3, 0.4) is 0 Å². The molecule has 0 aromatic rings. The molecule has 0 aromatic heterocycles. The van der Waals surface area contributed by atoms with Crippen LogP contribution in [-0.4, -0.2) is 41.5 Å². The molecule has 2 nitrogen and oxygen atoms in total. The molecule has 0 amide bonds. The molecule has 1 N–H and O–H groups in total. The van der Waals surface area contributed by atoms with E-state index in [-0.39, 0.29) is 0 Å². The van der Waals surface area contributed by atoms with E-state index in [1.54, 1.807) is 0 Å². The normalized spacial score (nSPS) is 30.4. The van der Waals surface area contributed by atoms with Gasteiger partial charge in [-0.15, -0.1) is 0 Å². The van der Waals surface area contributed by atoms with Crippen LogP contribution in [0.25, 0.3) is 0 Å². The maximum atomic E-state index is 9.56. The van der Waals surface area contributed by atoms with Crippen molar-refractivity contribution in [2.75, 3.05) is 25.4 Å². The number of nitrogens with zero attached hydrogens (tertiary/aromatic N) is 1. The maximum absolute atomic E-state index is 9.56. The van der Waals surface area contributed by atoms with Gasteiger partial charge in [0.1, 0.15) is 0 Å². The first-order valence-electron chi connectivity index (χ1n) is 7.25. The summed E-state index contributed by atoms with van der Waals surface area (Å²) in [5.41, 5.74) is 0.445.